The number of rotatable bonds is 5. The highest BCUT2D eigenvalue weighted by molar-refractivity contribution is 6.36. The molecule has 1 aliphatic heterocycles. The Morgan fingerprint density at radius 1 is 1.27 bits per heavy atom. The minimum atomic E-state index is -4.57. The van der Waals surface area contributed by atoms with Crippen LogP contribution in [0.5, 0.6) is 0 Å². The average molecular weight is 439 g/mol. The Kier molecular flexibility index (Phi) is 5.46. The van der Waals surface area contributed by atoms with Crippen molar-refractivity contribution in [3.05, 3.63) is 70.8 Å². The van der Waals surface area contributed by atoms with Crippen LogP contribution in [0.25, 0.3) is 0 Å². The van der Waals surface area contributed by atoms with Crippen molar-refractivity contribution < 1.29 is 22.4 Å². The number of halogens is 4. The zero-order valence-electron chi connectivity index (χ0n) is 15.6. The van der Waals surface area contributed by atoms with Gasteiger partial charge in [0.15, 0.2) is 11.7 Å². The number of hydrogen-bond donors (Lipinski definition) is 2. The van der Waals surface area contributed by atoms with Crippen molar-refractivity contribution in [1.29, 1.82) is 0 Å². The number of hydrogen-bond acceptors (Lipinski definition) is 4. The van der Waals surface area contributed by atoms with Gasteiger partial charge in [-0.05, 0) is 24.1 Å². The summed E-state index contributed by atoms with van der Waals surface area (Å²) < 4.78 is 47.1. The van der Waals surface area contributed by atoms with Crippen LogP contribution < -0.4 is 10.6 Å². The summed E-state index contributed by atoms with van der Waals surface area (Å²) >= 11 is 6.27. The molecule has 0 fully saturated rings. The SMILES string of the molecule is O=C(NCCc1ccccc1)c1nn2c(c1Cl)N[C@@H](c1ccco1)C[C@H]2C(F)(F)F. The second-order valence-corrected chi connectivity index (χ2v) is 7.33. The fourth-order valence-electron chi connectivity index (χ4n) is 3.46. The Bertz CT molecular complexity index is 1020. The maximum atomic E-state index is 13.7. The average Bonchev–Trinajstić information content (AvgIpc) is 3.36. The molecule has 1 aliphatic rings. The van der Waals surface area contributed by atoms with Crippen molar-refractivity contribution in [2.75, 3.05) is 11.9 Å². The third-order valence-electron chi connectivity index (χ3n) is 4.94. The second kappa shape index (κ2) is 8.06. The molecule has 3 aromatic rings. The molecule has 0 bridgehead atoms. The van der Waals surface area contributed by atoms with Crippen LogP contribution >= 0.6 is 11.6 Å². The van der Waals surface area contributed by atoms with Crippen LogP contribution in [0.2, 0.25) is 5.02 Å². The first-order valence-corrected chi connectivity index (χ1v) is 9.69. The molecule has 0 radical (unpaired) electrons. The molecule has 0 spiro atoms. The number of benzene rings is 1. The van der Waals surface area contributed by atoms with Gasteiger partial charge in [-0.15, -0.1) is 0 Å². The summed E-state index contributed by atoms with van der Waals surface area (Å²) in [6.45, 7) is 0.298. The van der Waals surface area contributed by atoms with Crippen molar-refractivity contribution in [3.63, 3.8) is 0 Å². The Morgan fingerprint density at radius 2 is 2.03 bits per heavy atom. The molecule has 0 aliphatic carbocycles. The molecule has 1 amide bonds. The molecular formula is C20H18ClF3N4O2. The normalized spacial score (nSPS) is 18.5. The van der Waals surface area contributed by atoms with E-state index in [4.69, 9.17) is 16.0 Å². The number of alkyl halides is 3. The molecule has 0 unspecified atom stereocenters. The number of fused-ring (bicyclic) bond motifs is 1. The fourth-order valence-corrected chi connectivity index (χ4v) is 3.72. The van der Waals surface area contributed by atoms with Gasteiger partial charge in [0.2, 0.25) is 0 Å². The number of nitrogens with one attached hydrogen (secondary N) is 2. The van der Waals surface area contributed by atoms with E-state index in [1.807, 2.05) is 30.3 Å². The van der Waals surface area contributed by atoms with Crippen LogP contribution in [0.15, 0.2) is 53.1 Å². The summed E-state index contributed by atoms with van der Waals surface area (Å²) in [7, 11) is 0. The molecular weight excluding hydrogens is 421 g/mol. The lowest BCUT2D eigenvalue weighted by Gasteiger charge is -2.32. The lowest BCUT2D eigenvalue weighted by molar-refractivity contribution is -0.174. The Hall–Kier alpha value is -2.94. The predicted octanol–water partition coefficient (Wildman–Crippen LogP) is 4.76. The minimum Gasteiger partial charge on any atom is -0.467 e. The quantitative estimate of drug-likeness (QED) is 0.602. The summed E-state index contributed by atoms with van der Waals surface area (Å²) in [5.74, 6) is -0.336. The Balaban J connectivity index is 1.56. The maximum Gasteiger partial charge on any atom is 0.410 e. The molecule has 1 aromatic carbocycles. The van der Waals surface area contributed by atoms with Gasteiger partial charge in [-0.3, -0.25) is 4.79 Å². The summed E-state index contributed by atoms with van der Waals surface area (Å²) in [6.07, 6.45) is -2.95. The minimum absolute atomic E-state index is 0.0557. The molecule has 0 saturated heterocycles. The van der Waals surface area contributed by atoms with E-state index in [1.54, 1.807) is 12.1 Å². The number of nitrogens with zero attached hydrogens (tertiary/aromatic N) is 2. The highest BCUT2D eigenvalue weighted by Gasteiger charge is 2.48. The Labute approximate surface area is 175 Å². The maximum absolute atomic E-state index is 13.7. The summed E-state index contributed by atoms with van der Waals surface area (Å²) in [5.41, 5.74) is 0.773. The van der Waals surface area contributed by atoms with Crippen LogP contribution in [-0.2, 0) is 6.42 Å². The van der Waals surface area contributed by atoms with E-state index in [2.05, 4.69) is 15.7 Å². The standard InChI is InChI=1S/C20H18ClF3N4O2/c21-16-17(19(29)25-9-8-12-5-2-1-3-6-12)27-28-15(20(22,23)24)11-13(26-18(16)28)14-7-4-10-30-14/h1-7,10,13,15,26H,8-9,11H2,(H,25,29)/t13-,15+/m1/s1. The van der Waals surface area contributed by atoms with E-state index in [-0.39, 0.29) is 23.0 Å². The lowest BCUT2D eigenvalue weighted by Crippen LogP contribution is -2.35. The van der Waals surface area contributed by atoms with E-state index in [9.17, 15) is 18.0 Å². The Morgan fingerprint density at radius 3 is 2.70 bits per heavy atom. The van der Waals surface area contributed by atoms with E-state index < -0.39 is 24.2 Å². The van der Waals surface area contributed by atoms with Crippen molar-refractivity contribution in [2.24, 2.45) is 0 Å². The zero-order chi connectivity index (χ0) is 21.3. The topological polar surface area (TPSA) is 72.1 Å². The number of carbonyl (C=O) groups is 1. The van der Waals surface area contributed by atoms with Gasteiger partial charge in [-0.2, -0.15) is 18.3 Å². The largest absolute Gasteiger partial charge is 0.467 e. The first-order chi connectivity index (χ1) is 14.3. The van der Waals surface area contributed by atoms with Crippen LogP contribution in [0.4, 0.5) is 19.0 Å². The van der Waals surface area contributed by atoms with Crippen LogP contribution in [0.3, 0.4) is 0 Å². The number of furan rings is 1. The van der Waals surface area contributed by atoms with Gasteiger partial charge in [-0.1, -0.05) is 41.9 Å². The number of aromatic nitrogens is 2. The predicted molar refractivity (Wildman–Crippen MR) is 104 cm³/mol. The third-order valence-corrected chi connectivity index (χ3v) is 5.30. The van der Waals surface area contributed by atoms with Crippen molar-refractivity contribution in [2.45, 2.75) is 31.1 Å². The van der Waals surface area contributed by atoms with Crippen LogP contribution in [0, 0.1) is 0 Å². The molecule has 0 saturated carbocycles. The smallest absolute Gasteiger partial charge is 0.410 e. The zero-order valence-corrected chi connectivity index (χ0v) is 16.4. The fraction of sp³-hybridized carbons (Fsp3) is 0.300. The molecule has 2 N–H and O–H groups in total. The molecule has 10 heteroatoms. The molecule has 2 atom stereocenters. The second-order valence-electron chi connectivity index (χ2n) is 6.95. The summed E-state index contributed by atoms with van der Waals surface area (Å²) in [6, 6.07) is 9.99. The third kappa shape index (κ3) is 4.02. The first kappa shape index (κ1) is 20.3. The van der Waals surface area contributed by atoms with Crippen molar-refractivity contribution >= 4 is 23.3 Å². The molecule has 3 heterocycles. The molecule has 4 rings (SSSR count). The monoisotopic (exact) mass is 438 g/mol. The van der Waals surface area contributed by atoms with Gasteiger partial charge in [0.1, 0.15) is 16.6 Å². The van der Waals surface area contributed by atoms with Gasteiger partial charge in [0, 0.05) is 13.0 Å². The van der Waals surface area contributed by atoms with E-state index in [1.165, 1.54) is 6.26 Å². The van der Waals surface area contributed by atoms with Gasteiger partial charge < -0.3 is 15.1 Å². The summed E-state index contributed by atoms with van der Waals surface area (Å²) in [4.78, 5) is 12.5. The number of amides is 1. The van der Waals surface area contributed by atoms with Gasteiger partial charge in [0.05, 0.1) is 12.3 Å². The highest BCUT2D eigenvalue weighted by Crippen LogP contribution is 2.46. The highest BCUT2D eigenvalue weighted by atomic mass is 35.5. The first-order valence-electron chi connectivity index (χ1n) is 9.31. The van der Waals surface area contributed by atoms with Crippen molar-refractivity contribution in [1.82, 2.24) is 15.1 Å². The molecule has 2 aromatic heterocycles. The van der Waals surface area contributed by atoms with Gasteiger partial charge in [-0.25, -0.2) is 4.68 Å². The van der Waals surface area contributed by atoms with Gasteiger partial charge >= 0.3 is 6.18 Å². The number of anilines is 1. The van der Waals surface area contributed by atoms with Gasteiger partial charge in [0.25, 0.3) is 5.91 Å². The number of carbonyl (C=O) groups excluding carboxylic acids is 1. The summed E-state index contributed by atoms with van der Waals surface area (Å²) in [5, 5.41) is 9.33. The lowest BCUT2D eigenvalue weighted by atomic mass is 10.0. The van der Waals surface area contributed by atoms with Crippen LogP contribution in [0.1, 0.15) is 40.3 Å². The molecule has 30 heavy (non-hydrogen) atoms. The van der Waals surface area contributed by atoms with Crippen molar-refractivity contribution in [3.8, 4) is 0 Å². The van der Waals surface area contributed by atoms with E-state index in [0.717, 1.165) is 10.2 Å². The van der Waals surface area contributed by atoms with E-state index in [0.29, 0.717) is 18.7 Å². The molecule has 6 nitrogen and oxygen atoms in total. The van der Waals surface area contributed by atoms with Crippen LogP contribution in [-0.4, -0.2) is 28.4 Å². The molecule has 158 valence electrons. The van der Waals surface area contributed by atoms with E-state index >= 15 is 0 Å².